The van der Waals surface area contributed by atoms with Gasteiger partial charge in [-0.1, -0.05) is 13.2 Å². The zero-order chi connectivity index (χ0) is 29.4. The van der Waals surface area contributed by atoms with Crippen LogP contribution in [0.15, 0.2) is 86.3 Å². The molecule has 0 aliphatic rings. The fraction of sp³-hybridized carbons (Fsp3) is 0.267. The molecule has 2 aromatic heterocycles. The van der Waals surface area contributed by atoms with Crippen LogP contribution in [0.25, 0.3) is 33.5 Å². The van der Waals surface area contributed by atoms with Gasteiger partial charge in [-0.15, -0.1) is 0 Å². The molecule has 0 unspecified atom stereocenters. The lowest BCUT2D eigenvalue weighted by atomic mass is 10.1. The van der Waals surface area contributed by atoms with E-state index in [2.05, 4.69) is 36.9 Å². The average molecular weight is 578 g/mol. The van der Waals surface area contributed by atoms with Crippen molar-refractivity contribution < 1.29 is 27.9 Å². The number of hydrogen-bond donors (Lipinski definition) is 0. The molecule has 0 N–H and O–H groups in total. The van der Waals surface area contributed by atoms with E-state index in [1.54, 1.807) is 18.2 Å². The van der Waals surface area contributed by atoms with Crippen molar-refractivity contribution in [2.75, 3.05) is 44.3 Å². The number of hydrogen-bond acceptors (Lipinski definition) is 11. The number of fused-ring (bicyclic) bond motifs is 2. The number of benzene rings is 2. The molecule has 0 aliphatic carbocycles. The third-order valence-corrected chi connectivity index (χ3v) is 7.26. The van der Waals surface area contributed by atoms with Crippen LogP contribution in [0, 0.1) is 0 Å². The van der Waals surface area contributed by atoms with Crippen molar-refractivity contribution in [3.8, 4) is 11.5 Å². The smallest absolute Gasteiger partial charge is 0.349 e. The van der Waals surface area contributed by atoms with Crippen LogP contribution in [0.1, 0.15) is 13.8 Å². The quantitative estimate of drug-likeness (QED) is 0.0851. The summed E-state index contributed by atoms with van der Waals surface area (Å²) in [4.78, 5) is 43.2. The lowest BCUT2D eigenvalue weighted by molar-refractivity contribution is -0.137. The molecule has 10 nitrogen and oxygen atoms in total. The molecule has 0 bridgehead atoms. The summed E-state index contributed by atoms with van der Waals surface area (Å²) in [7, 11) is 0. The number of carbonyl (C=O) groups excluding carboxylic acids is 2. The van der Waals surface area contributed by atoms with Crippen molar-refractivity contribution in [2.24, 2.45) is 0 Å². The van der Waals surface area contributed by atoms with E-state index in [1.807, 2.05) is 28.6 Å². The van der Waals surface area contributed by atoms with Gasteiger partial charge >= 0.3 is 17.6 Å². The van der Waals surface area contributed by atoms with Crippen LogP contribution in [0.5, 0.6) is 0 Å². The summed E-state index contributed by atoms with van der Waals surface area (Å²) in [6.45, 7) is 13.6. The number of rotatable bonds is 14. The summed E-state index contributed by atoms with van der Waals surface area (Å²) in [6, 6.07) is 13.0. The molecule has 0 fully saturated rings. The van der Waals surface area contributed by atoms with Gasteiger partial charge in [-0.3, -0.25) is 0 Å². The van der Waals surface area contributed by atoms with E-state index in [0.29, 0.717) is 29.8 Å². The van der Waals surface area contributed by atoms with Crippen LogP contribution in [-0.2, 0) is 19.1 Å². The minimum Gasteiger partial charge on any atom is -0.461 e. The zero-order valence-corrected chi connectivity index (χ0v) is 23.8. The number of anilines is 1. The molecule has 0 saturated heterocycles. The fourth-order valence-electron chi connectivity index (χ4n) is 4.08. The second-order valence-electron chi connectivity index (χ2n) is 8.75. The van der Waals surface area contributed by atoms with Gasteiger partial charge < -0.3 is 23.2 Å². The van der Waals surface area contributed by atoms with E-state index in [1.165, 1.54) is 11.9 Å². The van der Waals surface area contributed by atoms with Crippen molar-refractivity contribution in [1.29, 1.82) is 0 Å². The summed E-state index contributed by atoms with van der Waals surface area (Å²) < 4.78 is 23.7. The number of aromatic nitrogens is 1. The third-order valence-electron chi connectivity index (χ3n) is 6.18. The molecule has 214 valence electrons. The highest BCUT2D eigenvalue weighted by Gasteiger charge is 2.17. The van der Waals surface area contributed by atoms with Crippen molar-refractivity contribution >= 4 is 51.6 Å². The Morgan fingerprint density at radius 3 is 2.24 bits per heavy atom. The maximum atomic E-state index is 12.9. The van der Waals surface area contributed by atoms with Crippen LogP contribution in [0.3, 0.4) is 0 Å². The SMILES string of the molecule is C=CC(=O)OCCN(CCOC(=O)C=C)Sc1ccc2nc(-c3cc4ccc(N(CC)CC)cc4oc3=O)oc2c1. The van der Waals surface area contributed by atoms with E-state index in [9.17, 15) is 14.4 Å². The minimum absolute atomic E-state index is 0.121. The highest BCUT2D eigenvalue weighted by molar-refractivity contribution is 7.97. The van der Waals surface area contributed by atoms with Crippen LogP contribution in [0.4, 0.5) is 5.69 Å². The Morgan fingerprint density at radius 1 is 0.927 bits per heavy atom. The van der Waals surface area contributed by atoms with Gasteiger partial charge in [0.1, 0.15) is 29.9 Å². The molecule has 0 atom stereocenters. The molecule has 0 amide bonds. The normalized spacial score (nSPS) is 11.1. The molecular formula is C30H31N3O7S. The van der Waals surface area contributed by atoms with Crippen molar-refractivity contribution in [1.82, 2.24) is 9.29 Å². The van der Waals surface area contributed by atoms with Crippen LogP contribution in [0.2, 0.25) is 0 Å². The molecule has 4 rings (SSSR count). The van der Waals surface area contributed by atoms with Crippen LogP contribution in [-0.4, -0.2) is 60.6 Å². The highest BCUT2D eigenvalue weighted by Crippen LogP contribution is 2.30. The zero-order valence-electron chi connectivity index (χ0n) is 23.0. The maximum Gasteiger partial charge on any atom is 0.349 e. The highest BCUT2D eigenvalue weighted by atomic mass is 32.2. The van der Waals surface area contributed by atoms with Gasteiger partial charge in [0, 0.05) is 60.4 Å². The Bertz CT molecular complexity index is 1600. The first-order chi connectivity index (χ1) is 19.8. The molecule has 11 heteroatoms. The van der Waals surface area contributed by atoms with E-state index < -0.39 is 17.6 Å². The molecule has 0 radical (unpaired) electrons. The first kappa shape index (κ1) is 29.6. The number of nitrogens with zero attached hydrogens (tertiary/aromatic N) is 3. The Morgan fingerprint density at radius 2 is 1.61 bits per heavy atom. The Balaban J connectivity index is 1.55. The average Bonchev–Trinajstić information content (AvgIpc) is 3.40. The van der Waals surface area contributed by atoms with Crippen molar-refractivity contribution in [3.05, 3.63) is 78.2 Å². The monoisotopic (exact) mass is 577 g/mol. The predicted molar refractivity (Wildman–Crippen MR) is 159 cm³/mol. The minimum atomic E-state index is -0.537. The number of oxazole rings is 1. The van der Waals surface area contributed by atoms with Gasteiger partial charge in [0.05, 0.1) is 0 Å². The van der Waals surface area contributed by atoms with E-state index >= 15 is 0 Å². The topological polar surface area (TPSA) is 115 Å². The van der Waals surface area contributed by atoms with Crippen molar-refractivity contribution in [3.63, 3.8) is 0 Å². The van der Waals surface area contributed by atoms with E-state index in [0.717, 1.165) is 41.2 Å². The lowest BCUT2D eigenvalue weighted by Gasteiger charge is -2.20. The Labute approximate surface area is 241 Å². The first-order valence-corrected chi connectivity index (χ1v) is 13.9. The van der Waals surface area contributed by atoms with Gasteiger partial charge in [-0.05, 0) is 62.2 Å². The third kappa shape index (κ3) is 7.44. The Hall–Kier alpha value is -4.35. The molecule has 2 heterocycles. The summed E-state index contributed by atoms with van der Waals surface area (Å²) in [5, 5.41) is 0.763. The second-order valence-corrected chi connectivity index (χ2v) is 9.92. The molecule has 0 spiro atoms. The molecule has 41 heavy (non-hydrogen) atoms. The van der Waals surface area contributed by atoms with Gasteiger partial charge in [0.2, 0.25) is 5.89 Å². The standard InChI is InChI=1S/C30H31N3O7S/c1-5-27(34)37-15-13-33(14-16-38-28(35)6-2)41-22-11-12-24-26(19-22)39-29(31-24)23-17-20-9-10-21(32(7-3)8-4)18-25(20)40-30(23)36/h5-6,9-12,17-19H,1-2,7-8,13-16H2,3-4H3. The number of ether oxygens (including phenoxy) is 2. The summed E-state index contributed by atoms with van der Waals surface area (Å²) >= 11 is 1.37. The molecule has 0 aliphatic heterocycles. The summed E-state index contributed by atoms with van der Waals surface area (Å²) in [5.41, 5.74) is 2.23. The predicted octanol–water partition coefficient (Wildman–Crippen LogP) is 5.21. The van der Waals surface area contributed by atoms with Gasteiger partial charge in [0.15, 0.2) is 5.58 Å². The van der Waals surface area contributed by atoms with Crippen LogP contribution >= 0.6 is 11.9 Å². The summed E-state index contributed by atoms with van der Waals surface area (Å²) in [6.07, 6.45) is 2.19. The first-order valence-electron chi connectivity index (χ1n) is 13.1. The Kier molecular flexibility index (Phi) is 9.99. The maximum absolute atomic E-state index is 12.9. The van der Waals surface area contributed by atoms with E-state index in [-0.39, 0.29) is 24.7 Å². The fourth-order valence-corrected chi connectivity index (χ4v) is 5.00. The largest absolute Gasteiger partial charge is 0.461 e. The number of esters is 2. The van der Waals surface area contributed by atoms with Gasteiger partial charge in [-0.25, -0.2) is 23.7 Å². The molecule has 4 aromatic rings. The van der Waals surface area contributed by atoms with Gasteiger partial charge in [0.25, 0.3) is 0 Å². The molecule has 2 aromatic carbocycles. The number of carbonyl (C=O) groups is 2. The van der Waals surface area contributed by atoms with Gasteiger partial charge in [-0.2, -0.15) is 0 Å². The molecule has 0 saturated carbocycles. The van der Waals surface area contributed by atoms with E-state index in [4.69, 9.17) is 18.3 Å². The molecular weight excluding hydrogens is 546 g/mol. The summed E-state index contributed by atoms with van der Waals surface area (Å²) in [5.74, 6) is -0.882. The van der Waals surface area contributed by atoms with Crippen LogP contribution < -0.4 is 10.5 Å². The lowest BCUT2D eigenvalue weighted by Crippen LogP contribution is -2.26. The second kappa shape index (κ2) is 13.8. The van der Waals surface area contributed by atoms with Crippen molar-refractivity contribution in [2.45, 2.75) is 18.7 Å².